The number of hydrogen-bond acceptors (Lipinski definition) is 4. The predicted molar refractivity (Wildman–Crippen MR) is 62.0 cm³/mol. The molecule has 2 amide bonds. The van der Waals surface area contributed by atoms with Crippen molar-refractivity contribution in [1.82, 2.24) is 0 Å². The molecule has 6 nitrogen and oxygen atoms in total. The number of nitrogens with one attached hydrogen (secondary N) is 1. The molecule has 0 saturated carbocycles. The van der Waals surface area contributed by atoms with Gasteiger partial charge in [-0.3, -0.25) is 10.1 Å². The second-order valence-corrected chi connectivity index (χ2v) is 3.45. The Balaban J connectivity index is 2.75. The number of hydrogen-bond donors (Lipinski definition) is 3. The topological polar surface area (TPSA) is 102 Å². The Bertz CT molecular complexity index is 436. The Kier molecular flexibility index (Phi) is 4.74. The molecule has 0 bridgehead atoms. The summed E-state index contributed by atoms with van der Waals surface area (Å²) in [5.41, 5.74) is 5.52. The van der Waals surface area contributed by atoms with Crippen molar-refractivity contribution in [3.05, 3.63) is 28.8 Å². The molecule has 1 aromatic carbocycles. The summed E-state index contributed by atoms with van der Waals surface area (Å²) in [6.07, 6.45) is -0.739. The van der Waals surface area contributed by atoms with Crippen LogP contribution in [0.3, 0.4) is 0 Å². The average Bonchev–Trinajstić information content (AvgIpc) is 2.28. The van der Waals surface area contributed by atoms with E-state index in [-0.39, 0.29) is 23.8 Å². The van der Waals surface area contributed by atoms with Gasteiger partial charge in [-0.1, -0.05) is 11.6 Å². The first-order chi connectivity index (χ1) is 8.04. The van der Waals surface area contributed by atoms with Crippen LogP contribution in [0, 0.1) is 0 Å². The van der Waals surface area contributed by atoms with Crippen molar-refractivity contribution in [3.8, 4) is 0 Å². The van der Waals surface area contributed by atoms with E-state index in [1.807, 2.05) is 0 Å². The fourth-order valence-electron chi connectivity index (χ4n) is 1.08. The Morgan fingerprint density at radius 1 is 1.47 bits per heavy atom. The van der Waals surface area contributed by atoms with Crippen molar-refractivity contribution in [3.63, 3.8) is 0 Å². The fraction of sp³-hybridized carbons (Fsp3) is 0.200. The molecule has 0 aromatic heterocycles. The molecule has 1 aromatic rings. The molecule has 0 aliphatic carbocycles. The van der Waals surface area contributed by atoms with E-state index in [9.17, 15) is 9.59 Å². The Morgan fingerprint density at radius 2 is 2.18 bits per heavy atom. The lowest BCUT2D eigenvalue weighted by Gasteiger charge is -2.07. The van der Waals surface area contributed by atoms with E-state index in [2.05, 4.69) is 10.1 Å². The molecule has 0 unspecified atom stereocenters. The van der Waals surface area contributed by atoms with Gasteiger partial charge in [0, 0.05) is 5.69 Å². The van der Waals surface area contributed by atoms with Crippen molar-refractivity contribution >= 4 is 29.3 Å². The number of aliphatic hydroxyl groups is 1. The van der Waals surface area contributed by atoms with Gasteiger partial charge in [0.1, 0.15) is 6.61 Å². The van der Waals surface area contributed by atoms with E-state index in [0.29, 0.717) is 5.69 Å². The number of nitrogens with two attached hydrogens (primary N) is 1. The SMILES string of the molecule is NC(=O)c1cc(NC(=O)OCCO)ccc1Cl. The van der Waals surface area contributed by atoms with Crippen LogP contribution in [0.5, 0.6) is 0 Å². The molecule has 0 spiro atoms. The van der Waals surface area contributed by atoms with Gasteiger partial charge in [-0.2, -0.15) is 0 Å². The van der Waals surface area contributed by atoms with Gasteiger partial charge >= 0.3 is 6.09 Å². The van der Waals surface area contributed by atoms with Crippen LogP contribution in [0.25, 0.3) is 0 Å². The molecule has 1 rings (SSSR count). The maximum Gasteiger partial charge on any atom is 0.411 e. The molecule has 4 N–H and O–H groups in total. The molecule has 0 heterocycles. The number of carbonyl (C=O) groups is 2. The van der Waals surface area contributed by atoms with Crippen LogP contribution in [0.1, 0.15) is 10.4 Å². The molecular weight excluding hydrogens is 248 g/mol. The number of carbonyl (C=O) groups excluding carboxylic acids is 2. The molecule has 0 atom stereocenters. The van der Waals surface area contributed by atoms with Crippen LogP contribution in [-0.2, 0) is 4.74 Å². The maximum atomic E-state index is 11.1. The smallest absolute Gasteiger partial charge is 0.411 e. The third kappa shape index (κ3) is 3.93. The third-order valence-electron chi connectivity index (χ3n) is 1.80. The predicted octanol–water partition coefficient (Wildman–Crippen LogP) is 0.980. The van der Waals surface area contributed by atoms with Crippen molar-refractivity contribution < 1.29 is 19.4 Å². The third-order valence-corrected chi connectivity index (χ3v) is 2.13. The highest BCUT2D eigenvalue weighted by molar-refractivity contribution is 6.33. The summed E-state index contributed by atoms with van der Waals surface area (Å²) in [4.78, 5) is 22.1. The molecule has 0 aliphatic heterocycles. The van der Waals surface area contributed by atoms with E-state index in [4.69, 9.17) is 22.4 Å². The summed E-state index contributed by atoms with van der Waals surface area (Å²) < 4.78 is 4.58. The Morgan fingerprint density at radius 3 is 2.76 bits per heavy atom. The van der Waals surface area contributed by atoms with Gasteiger partial charge in [-0.25, -0.2) is 4.79 Å². The largest absolute Gasteiger partial charge is 0.447 e. The molecule has 0 aliphatic rings. The second kappa shape index (κ2) is 6.07. The highest BCUT2D eigenvalue weighted by atomic mass is 35.5. The Labute approximate surface area is 102 Å². The van der Waals surface area contributed by atoms with Crippen LogP contribution in [0.2, 0.25) is 5.02 Å². The lowest BCUT2D eigenvalue weighted by molar-refractivity contribution is 0.1000. The number of ether oxygens (including phenoxy) is 1. The van der Waals surface area contributed by atoms with Crippen molar-refractivity contribution in [2.45, 2.75) is 0 Å². The highest BCUT2D eigenvalue weighted by Crippen LogP contribution is 2.20. The summed E-state index contributed by atoms with van der Waals surface area (Å²) in [5.74, 6) is -0.692. The van der Waals surface area contributed by atoms with Crippen molar-refractivity contribution in [2.75, 3.05) is 18.5 Å². The summed E-state index contributed by atoms with van der Waals surface area (Å²) in [6, 6.07) is 4.27. The maximum absolute atomic E-state index is 11.1. The summed E-state index contributed by atoms with van der Waals surface area (Å²) >= 11 is 5.73. The van der Waals surface area contributed by atoms with Gasteiger partial charge in [0.2, 0.25) is 5.91 Å². The highest BCUT2D eigenvalue weighted by Gasteiger charge is 2.09. The molecule has 0 radical (unpaired) electrons. The number of benzene rings is 1. The van der Waals surface area contributed by atoms with Crippen molar-refractivity contribution in [2.24, 2.45) is 5.73 Å². The standard InChI is InChI=1S/C10H11ClN2O4/c11-8-2-1-6(5-7(8)9(12)15)13-10(16)17-4-3-14/h1-2,5,14H,3-4H2,(H2,12,15)(H,13,16). The van der Waals surface area contributed by atoms with Crippen LogP contribution < -0.4 is 11.1 Å². The van der Waals surface area contributed by atoms with Gasteiger partial charge in [-0.15, -0.1) is 0 Å². The zero-order chi connectivity index (χ0) is 12.8. The zero-order valence-electron chi connectivity index (χ0n) is 8.77. The number of halogens is 1. The first-order valence-electron chi connectivity index (χ1n) is 4.68. The summed E-state index contributed by atoms with van der Waals surface area (Å²) in [5, 5.41) is 11.0. The molecule has 92 valence electrons. The first-order valence-corrected chi connectivity index (χ1v) is 5.06. The minimum absolute atomic E-state index is 0.103. The zero-order valence-corrected chi connectivity index (χ0v) is 9.53. The monoisotopic (exact) mass is 258 g/mol. The lowest BCUT2D eigenvalue weighted by atomic mass is 10.2. The van der Waals surface area contributed by atoms with Crippen LogP contribution in [-0.4, -0.2) is 30.3 Å². The van der Waals surface area contributed by atoms with E-state index in [1.54, 1.807) is 0 Å². The van der Waals surface area contributed by atoms with E-state index < -0.39 is 12.0 Å². The second-order valence-electron chi connectivity index (χ2n) is 3.04. The molecule has 0 fully saturated rings. The Hall–Kier alpha value is -1.79. The van der Waals surface area contributed by atoms with Crippen LogP contribution in [0.15, 0.2) is 18.2 Å². The van der Waals surface area contributed by atoms with E-state index in [1.165, 1.54) is 18.2 Å². The molecule has 7 heteroatoms. The van der Waals surface area contributed by atoms with Gasteiger partial charge in [0.05, 0.1) is 17.2 Å². The number of rotatable bonds is 4. The van der Waals surface area contributed by atoms with Crippen molar-refractivity contribution in [1.29, 1.82) is 0 Å². The molecule has 17 heavy (non-hydrogen) atoms. The fourth-order valence-corrected chi connectivity index (χ4v) is 1.29. The number of primary amides is 1. The summed E-state index contributed by atoms with van der Waals surface area (Å²) in [7, 11) is 0. The quantitative estimate of drug-likeness (QED) is 0.749. The van der Waals surface area contributed by atoms with Crippen LogP contribution in [0.4, 0.5) is 10.5 Å². The van der Waals surface area contributed by atoms with E-state index >= 15 is 0 Å². The van der Waals surface area contributed by atoms with E-state index in [0.717, 1.165) is 0 Å². The van der Waals surface area contributed by atoms with Crippen LogP contribution >= 0.6 is 11.6 Å². The molecular formula is C10H11ClN2O4. The van der Waals surface area contributed by atoms with Gasteiger partial charge in [-0.05, 0) is 18.2 Å². The number of anilines is 1. The average molecular weight is 259 g/mol. The first kappa shape index (κ1) is 13.3. The number of amides is 2. The summed E-state index contributed by atoms with van der Waals surface area (Å²) in [6.45, 7) is -0.372. The lowest BCUT2D eigenvalue weighted by Crippen LogP contribution is -2.17. The van der Waals surface area contributed by atoms with Gasteiger partial charge in [0.15, 0.2) is 0 Å². The van der Waals surface area contributed by atoms with Gasteiger partial charge in [0.25, 0.3) is 0 Å². The number of aliphatic hydroxyl groups excluding tert-OH is 1. The minimum Gasteiger partial charge on any atom is -0.447 e. The molecule has 0 saturated heterocycles. The minimum atomic E-state index is -0.739. The normalized spacial score (nSPS) is 9.76. The van der Waals surface area contributed by atoms with Gasteiger partial charge < -0.3 is 15.6 Å².